The molecule has 0 aliphatic rings. The van der Waals surface area contributed by atoms with Gasteiger partial charge in [0.2, 0.25) is 0 Å². The zero-order valence-corrected chi connectivity index (χ0v) is 15.8. The summed E-state index contributed by atoms with van der Waals surface area (Å²) in [5, 5.41) is 2.07. The van der Waals surface area contributed by atoms with Gasteiger partial charge in [-0.05, 0) is 31.5 Å². The van der Waals surface area contributed by atoms with Crippen molar-refractivity contribution in [1.82, 2.24) is 4.57 Å². The van der Waals surface area contributed by atoms with Crippen LogP contribution in [0.3, 0.4) is 0 Å². The quantitative estimate of drug-likeness (QED) is 0.661. The molecule has 0 saturated heterocycles. The van der Waals surface area contributed by atoms with E-state index in [0.29, 0.717) is 4.80 Å². The van der Waals surface area contributed by atoms with Crippen LogP contribution in [0.4, 0.5) is 0 Å². The molecule has 2 aromatic carbocycles. The Morgan fingerprint density at radius 2 is 1.52 bits per heavy atom. The van der Waals surface area contributed by atoms with E-state index in [0.717, 1.165) is 16.9 Å². The van der Waals surface area contributed by atoms with Gasteiger partial charge in [0.15, 0.2) is 4.80 Å². The van der Waals surface area contributed by atoms with Gasteiger partial charge in [-0.15, -0.1) is 11.3 Å². The minimum absolute atomic E-state index is 0.0989. The number of aryl methyl sites for hydroxylation is 2. The number of hydrogen-bond acceptors (Lipinski definition) is 2. The number of nitrogens with zero attached hydrogens (tertiary/aromatic N) is 2. The number of carbonyl (C=O) groups is 1. The largest absolute Gasteiger partial charge is 0.285 e. The van der Waals surface area contributed by atoms with Crippen LogP contribution in [0.5, 0.6) is 0 Å². The van der Waals surface area contributed by atoms with Crippen molar-refractivity contribution >= 4 is 17.2 Å². The monoisotopic (exact) mass is 350 g/mol. The van der Waals surface area contributed by atoms with Gasteiger partial charge in [0.1, 0.15) is 0 Å². The summed E-state index contributed by atoms with van der Waals surface area (Å²) in [5.74, 6) is -0.213. The number of rotatable bonds is 3. The first-order valence-corrected chi connectivity index (χ1v) is 9.27. The van der Waals surface area contributed by atoms with Gasteiger partial charge in [-0.25, -0.2) is 0 Å². The minimum Gasteiger partial charge on any atom is -0.285 e. The Kier molecular flexibility index (Phi) is 5.00. The van der Waals surface area contributed by atoms with E-state index in [9.17, 15) is 4.79 Å². The number of thiazole rings is 1. The van der Waals surface area contributed by atoms with Gasteiger partial charge >= 0.3 is 0 Å². The molecule has 0 unspecified atom stereocenters. The maximum Gasteiger partial charge on any atom is 0.250 e. The Hall–Kier alpha value is -2.46. The molecule has 3 aromatic rings. The van der Waals surface area contributed by atoms with Crippen molar-refractivity contribution in [2.75, 3.05) is 0 Å². The van der Waals surface area contributed by atoms with Gasteiger partial charge in [-0.1, -0.05) is 61.4 Å². The molecule has 1 aromatic heterocycles. The zero-order chi connectivity index (χ0) is 18.0. The normalized spacial score (nSPS) is 12.0. The highest BCUT2D eigenvalue weighted by Crippen LogP contribution is 2.24. The average Bonchev–Trinajstić information content (AvgIpc) is 2.99. The summed E-state index contributed by atoms with van der Waals surface area (Å²) < 4.78 is 2.06. The molecule has 1 amide bonds. The van der Waals surface area contributed by atoms with Gasteiger partial charge in [-0.3, -0.25) is 9.36 Å². The van der Waals surface area contributed by atoms with Gasteiger partial charge in [0.05, 0.1) is 5.69 Å². The van der Waals surface area contributed by atoms with Crippen molar-refractivity contribution in [2.45, 2.75) is 27.7 Å². The predicted molar refractivity (Wildman–Crippen MR) is 104 cm³/mol. The van der Waals surface area contributed by atoms with E-state index in [1.165, 1.54) is 22.5 Å². The predicted octanol–water partition coefficient (Wildman–Crippen LogP) is 4.91. The second-order valence-electron chi connectivity index (χ2n) is 6.55. The van der Waals surface area contributed by atoms with Crippen LogP contribution in [0.1, 0.15) is 25.0 Å². The van der Waals surface area contributed by atoms with Crippen LogP contribution in [-0.2, 0) is 4.79 Å². The molecule has 0 spiro atoms. The van der Waals surface area contributed by atoms with Crippen LogP contribution in [0.2, 0.25) is 0 Å². The number of amides is 1. The second-order valence-corrected chi connectivity index (χ2v) is 7.38. The standard InChI is InChI=1S/C21H22N2OS/c1-14(2)20(24)22-21-23(18-11-7-16(4)8-12-18)19(13-25-21)17-9-5-15(3)6-10-17/h5-14H,1-4H3. The van der Waals surface area contributed by atoms with Crippen LogP contribution in [0, 0.1) is 19.8 Å². The van der Waals surface area contributed by atoms with Gasteiger partial charge in [0.25, 0.3) is 5.91 Å². The number of carbonyl (C=O) groups excluding carboxylic acids is 1. The van der Waals surface area contributed by atoms with Crippen LogP contribution in [0.15, 0.2) is 58.9 Å². The summed E-state index contributed by atoms with van der Waals surface area (Å²) in [4.78, 5) is 17.2. The minimum atomic E-state index is -0.114. The van der Waals surface area contributed by atoms with Crippen molar-refractivity contribution in [3.05, 3.63) is 69.8 Å². The van der Waals surface area contributed by atoms with Crippen LogP contribution < -0.4 is 4.80 Å². The van der Waals surface area contributed by atoms with E-state index >= 15 is 0 Å². The molecule has 0 radical (unpaired) electrons. The molecule has 0 bridgehead atoms. The lowest BCUT2D eigenvalue weighted by molar-refractivity contribution is -0.120. The average molecular weight is 350 g/mol. The fraction of sp³-hybridized carbons (Fsp3) is 0.238. The Morgan fingerprint density at radius 1 is 0.960 bits per heavy atom. The lowest BCUT2D eigenvalue weighted by atomic mass is 10.1. The molecular weight excluding hydrogens is 328 g/mol. The Balaban J connectivity index is 2.23. The van der Waals surface area contributed by atoms with Crippen molar-refractivity contribution < 1.29 is 4.79 Å². The molecule has 3 rings (SSSR count). The van der Waals surface area contributed by atoms with E-state index in [2.05, 4.69) is 77.3 Å². The van der Waals surface area contributed by atoms with Gasteiger partial charge in [-0.2, -0.15) is 4.99 Å². The van der Waals surface area contributed by atoms with Crippen molar-refractivity contribution in [3.63, 3.8) is 0 Å². The number of benzene rings is 2. The highest BCUT2D eigenvalue weighted by atomic mass is 32.1. The highest BCUT2D eigenvalue weighted by Gasteiger charge is 2.12. The molecule has 25 heavy (non-hydrogen) atoms. The fourth-order valence-electron chi connectivity index (χ4n) is 2.48. The summed E-state index contributed by atoms with van der Waals surface area (Å²) in [5.41, 5.74) is 5.59. The summed E-state index contributed by atoms with van der Waals surface area (Å²) in [6.45, 7) is 7.89. The molecule has 1 heterocycles. The van der Waals surface area contributed by atoms with E-state index < -0.39 is 0 Å². The second kappa shape index (κ2) is 7.19. The lowest BCUT2D eigenvalue weighted by Crippen LogP contribution is -2.18. The molecule has 128 valence electrons. The third-order valence-corrected chi connectivity index (χ3v) is 4.87. The summed E-state index contributed by atoms with van der Waals surface area (Å²) in [6, 6.07) is 16.7. The summed E-state index contributed by atoms with van der Waals surface area (Å²) in [7, 11) is 0. The van der Waals surface area contributed by atoms with Crippen LogP contribution >= 0.6 is 11.3 Å². The van der Waals surface area contributed by atoms with Crippen LogP contribution in [0.25, 0.3) is 16.9 Å². The molecule has 3 nitrogen and oxygen atoms in total. The maximum absolute atomic E-state index is 12.2. The number of hydrogen-bond donors (Lipinski definition) is 0. The summed E-state index contributed by atoms with van der Waals surface area (Å²) in [6.07, 6.45) is 0. The van der Waals surface area contributed by atoms with E-state index in [1.54, 1.807) is 0 Å². The first kappa shape index (κ1) is 17.4. The molecular formula is C21H22N2OS. The zero-order valence-electron chi connectivity index (χ0n) is 15.0. The fourth-order valence-corrected chi connectivity index (χ4v) is 3.39. The molecule has 0 aliphatic carbocycles. The first-order valence-electron chi connectivity index (χ1n) is 8.39. The topological polar surface area (TPSA) is 34.4 Å². The van der Waals surface area contributed by atoms with Gasteiger partial charge in [0, 0.05) is 17.0 Å². The van der Waals surface area contributed by atoms with Gasteiger partial charge < -0.3 is 0 Å². The third kappa shape index (κ3) is 3.80. The molecule has 0 atom stereocenters. The smallest absolute Gasteiger partial charge is 0.250 e. The Morgan fingerprint density at radius 3 is 2.08 bits per heavy atom. The van der Waals surface area contributed by atoms with Crippen LogP contribution in [-0.4, -0.2) is 10.5 Å². The Labute approximate surface area is 152 Å². The van der Waals surface area contributed by atoms with Crippen molar-refractivity contribution in [3.8, 4) is 16.9 Å². The first-order chi connectivity index (χ1) is 12.0. The Bertz CT molecular complexity index is 945. The summed E-state index contributed by atoms with van der Waals surface area (Å²) >= 11 is 1.50. The third-order valence-electron chi connectivity index (χ3n) is 4.05. The number of aromatic nitrogens is 1. The maximum atomic E-state index is 12.2. The van der Waals surface area contributed by atoms with E-state index in [4.69, 9.17) is 0 Å². The molecule has 0 saturated carbocycles. The van der Waals surface area contributed by atoms with E-state index in [-0.39, 0.29) is 11.8 Å². The molecule has 0 N–H and O–H groups in total. The highest BCUT2D eigenvalue weighted by molar-refractivity contribution is 7.07. The lowest BCUT2D eigenvalue weighted by Gasteiger charge is -2.10. The molecule has 0 fully saturated rings. The van der Waals surface area contributed by atoms with Crippen molar-refractivity contribution in [1.29, 1.82) is 0 Å². The molecule has 4 heteroatoms. The van der Waals surface area contributed by atoms with E-state index in [1.807, 2.05) is 13.8 Å². The molecule has 0 aliphatic heterocycles. The van der Waals surface area contributed by atoms with Crippen molar-refractivity contribution in [2.24, 2.45) is 10.9 Å². The SMILES string of the molecule is Cc1ccc(-c2csc(=NC(=O)C(C)C)n2-c2ccc(C)cc2)cc1.